The molecule has 0 bridgehead atoms. The van der Waals surface area contributed by atoms with Crippen LogP contribution in [0.1, 0.15) is 86.3 Å². The van der Waals surface area contributed by atoms with E-state index in [-0.39, 0.29) is 0 Å². The van der Waals surface area contributed by atoms with Crippen LogP contribution in [0.25, 0.3) is 6.08 Å². The van der Waals surface area contributed by atoms with Gasteiger partial charge < -0.3 is 11.5 Å². The highest BCUT2D eigenvalue weighted by molar-refractivity contribution is 5.55. The van der Waals surface area contributed by atoms with E-state index in [4.69, 9.17) is 11.5 Å². The smallest absolute Gasteiger partial charge is 0.0337 e. The molecule has 0 radical (unpaired) electrons. The third kappa shape index (κ3) is 4.79. The van der Waals surface area contributed by atoms with Crippen LogP contribution in [0, 0.1) is 5.92 Å². The van der Waals surface area contributed by atoms with Gasteiger partial charge in [-0.3, -0.25) is 0 Å². The minimum Gasteiger partial charge on any atom is -0.399 e. The molecule has 2 fully saturated rings. The molecule has 0 aliphatic heterocycles. The van der Waals surface area contributed by atoms with Gasteiger partial charge in [-0.1, -0.05) is 55.7 Å². The molecule has 0 aromatic heterocycles. The predicted molar refractivity (Wildman–Crippen MR) is 121 cm³/mol. The second-order valence-electron chi connectivity index (χ2n) is 8.91. The molecule has 2 heteroatoms. The summed E-state index contributed by atoms with van der Waals surface area (Å²) in [4.78, 5) is 0. The Morgan fingerprint density at radius 1 is 0.643 bits per heavy atom. The summed E-state index contributed by atoms with van der Waals surface area (Å²) in [7, 11) is 0. The Kier molecular flexibility index (Phi) is 6.04. The van der Waals surface area contributed by atoms with E-state index >= 15 is 0 Å². The number of nitrogen functional groups attached to an aromatic ring is 2. The van der Waals surface area contributed by atoms with Crippen LogP contribution < -0.4 is 11.5 Å². The first-order valence-electron chi connectivity index (χ1n) is 11.1. The van der Waals surface area contributed by atoms with Crippen LogP contribution in [0.15, 0.2) is 48.5 Å². The zero-order chi connectivity index (χ0) is 19.3. The molecule has 0 amide bonds. The maximum atomic E-state index is 5.97. The van der Waals surface area contributed by atoms with Crippen molar-refractivity contribution < 1.29 is 0 Å². The largest absolute Gasteiger partial charge is 0.399 e. The summed E-state index contributed by atoms with van der Waals surface area (Å²) < 4.78 is 0. The van der Waals surface area contributed by atoms with E-state index in [2.05, 4.69) is 48.6 Å². The van der Waals surface area contributed by atoms with Gasteiger partial charge in [0.15, 0.2) is 0 Å². The Hall–Kier alpha value is -2.22. The fourth-order valence-electron chi connectivity index (χ4n) is 5.15. The van der Waals surface area contributed by atoms with Crippen molar-refractivity contribution in [3.05, 3.63) is 65.2 Å². The van der Waals surface area contributed by atoms with Gasteiger partial charge in [-0.15, -0.1) is 0 Å². The van der Waals surface area contributed by atoms with Crippen LogP contribution >= 0.6 is 0 Å². The van der Waals surface area contributed by atoms with E-state index in [0.29, 0.717) is 11.8 Å². The van der Waals surface area contributed by atoms with Crippen LogP contribution in [-0.2, 0) is 0 Å². The van der Waals surface area contributed by atoms with Gasteiger partial charge >= 0.3 is 0 Å². The third-order valence-electron chi connectivity index (χ3n) is 6.82. The molecule has 2 aromatic rings. The van der Waals surface area contributed by atoms with Gasteiger partial charge in [0, 0.05) is 11.4 Å². The van der Waals surface area contributed by atoms with Crippen LogP contribution in [0.4, 0.5) is 11.4 Å². The van der Waals surface area contributed by atoms with Crippen molar-refractivity contribution >= 4 is 17.5 Å². The number of hydrogen-bond acceptors (Lipinski definition) is 2. The highest BCUT2D eigenvalue weighted by Gasteiger charge is 2.21. The number of nitrogens with two attached hydrogens (primary N) is 2. The monoisotopic (exact) mass is 374 g/mol. The lowest BCUT2D eigenvalue weighted by atomic mass is 9.78. The normalized spacial score (nSPS) is 23.9. The fraction of sp³-hybridized carbons (Fsp3) is 0.462. The number of hydrogen-bond donors (Lipinski definition) is 2. The SMILES string of the molecule is Nc1cc(N)cc(C2CCC(/C=C/c3ccc(C4CCCCC4)cc3)CC2)c1. The summed E-state index contributed by atoms with van der Waals surface area (Å²) >= 11 is 0. The van der Waals surface area contributed by atoms with E-state index in [9.17, 15) is 0 Å². The number of allylic oxidation sites excluding steroid dienone is 1. The second kappa shape index (κ2) is 8.86. The molecule has 0 unspecified atom stereocenters. The molecule has 0 heterocycles. The van der Waals surface area contributed by atoms with Crippen molar-refractivity contribution in [1.82, 2.24) is 0 Å². The third-order valence-corrected chi connectivity index (χ3v) is 6.82. The van der Waals surface area contributed by atoms with Crippen LogP contribution in [0.5, 0.6) is 0 Å². The minimum atomic E-state index is 0.602. The summed E-state index contributed by atoms with van der Waals surface area (Å²) in [6.45, 7) is 0. The van der Waals surface area contributed by atoms with Crippen molar-refractivity contribution in [3.63, 3.8) is 0 Å². The standard InChI is InChI=1S/C26H34N2/c27-25-16-24(17-26(28)18-25)23-14-10-20(11-15-23)7-6-19-8-12-22(13-9-19)21-4-2-1-3-5-21/h6-9,12-13,16-18,20-21,23H,1-5,10-11,14-15,27-28H2/b7-6+. The number of benzene rings is 2. The van der Waals surface area contributed by atoms with Gasteiger partial charge in [-0.2, -0.15) is 0 Å². The predicted octanol–water partition coefficient (Wildman–Crippen LogP) is 6.89. The second-order valence-corrected chi connectivity index (χ2v) is 8.91. The van der Waals surface area contributed by atoms with Crippen LogP contribution in [-0.4, -0.2) is 0 Å². The van der Waals surface area contributed by atoms with Gasteiger partial charge in [-0.05, 0) is 91.2 Å². The maximum absolute atomic E-state index is 5.97. The molecular weight excluding hydrogens is 340 g/mol. The summed E-state index contributed by atoms with van der Waals surface area (Å²) in [5.74, 6) is 2.08. The first-order valence-corrected chi connectivity index (χ1v) is 11.1. The van der Waals surface area contributed by atoms with Crippen molar-refractivity contribution in [2.45, 2.75) is 69.6 Å². The van der Waals surface area contributed by atoms with Gasteiger partial charge in [0.25, 0.3) is 0 Å². The summed E-state index contributed by atoms with van der Waals surface area (Å²) in [5.41, 5.74) is 17.7. The van der Waals surface area contributed by atoms with Crippen LogP contribution in [0.3, 0.4) is 0 Å². The van der Waals surface area contributed by atoms with Gasteiger partial charge in [0.05, 0.1) is 0 Å². The first kappa shape index (κ1) is 19.1. The average Bonchev–Trinajstić information content (AvgIpc) is 2.73. The van der Waals surface area contributed by atoms with E-state index in [0.717, 1.165) is 17.3 Å². The van der Waals surface area contributed by atoms with Crippen molar-refractivity contribution in [3.8, 4) is 0 Å². The molecule has 4 rings (SSSR count). The zero-order valence-corrected chi connectivity index (χ0v) is 16.9. The van der Waals surface area contributed by atoms with Crippen LogP contribution in [0.2, 0.25) is 0 Å². The molecular formula is C26H34N2. The molecule has 0 saturated heterocycles. The highest BCUT2D eigenvalue weighted by Crippen LogP contribution is 2.38. The summed E-state index contributed by atoms with van der Waals surface area (Å²) in [5, 5.41) is 0. The minimum absolute atomic E-state index is 0.602. The molecule has 0 atom stereocenters. The fourth-order valence-corrected chi connectivity index (χ4v) is 5.15. The Bertz CT molecular complexity index is 771. The first-order chi connectivity index (χ1) is 13.7. The molecule has 2 nitrogen and oxygen atoms in total. The summed E-state index contributed by atoms with van der Waals surface area (Å²) in [6, 6.07) is 15.4. The number of rotatable bonds is 4. The van der Waals surface area contributed by atoms with E-state index < -0.39 is 0 Å². The molecule has 4 N–H and O–H groups in total. The Balaban J connectivity index is 1.31. The summed E-state index contributed by atoms with van der Waals surface area (Å²) in [6.07, 6.45) is 16.7. The van der Waals surface area contributed by atoms with E-state index in [1.807, 2.05) is 6.07 Å². The Labute approximate surface area is 170 Å². The Morgan fingerprint density at radius 3 is 1.89 bits per heavy atom. The lowest BCUT2D eigenvalue weighted by Gasteiger charge is -2.27. The molecule has 148 valence electrons. The average molecular weight is 375 g/mol. The van der Waals surface area contributed by atoms with Crippen molar-refractivity contribution in [1.29, 1.82) is 0 Å². The van der Waals surface area contributed by atoms with Gasteiger partial charge in [-0.25, -0.2) is 0 Å². The van der Waals surface area contributed by atoms with Crippen molar-refractivity contribution in [2.75, 3.05) is 11.5 Å². The molecule has 2 saturated carbocycles. The van der Waals surface area contributed by atoms with E-state index in [1.165, 1.54) is 68.9 Å². The Morgan fingerprint density at radius 2 is 1.25 bits per heavy atom. The van der Waals surface area contributed by atoms with Crippen molar-refractivity contribution in [2.24, 2.45) is 5.92 Å². The molecule has 2 aromatic carbocycles. The quantitative estimate of drug-likeness (QED) is 0.573. The zero-order valence-electron chi connectivity index (χ0n) is 16.9. The topological polar surface area (TPSA) is 52.0 Å². The highest BCUT2D eigenvalue weighted by atomic mass is 14.6. The molecule has 2 aliphatic rings. The number of anilines is 2. The lowest BCUT2D eigenvalue weighted by molar-refractivity contribution is 0.377. The maximum Gasteiger partial charge on any atom is 0.0337 e. The van der Waals surface area contributed by atoms with E-state index in [1.54, 1.807) is 5.56 Å². The van der Waals surface area contributed by atoms with Gasteiger partial charge in [0.2, 0.25) is 0 Å². The molecule has 0 spiro atoms. The van der Waals surface area contributed by atoms with Gasteiger partial charge in [0.1, 0.15) is 0 Å². The lowest BCUT2D eigenvalue weighted by Crippen LogP contribution is -2.12. The molecule has 2 aliphatic carbocycles. The molecule has 28 heavy (non-hydrogen) atoms.